The fourth-order valence-electron chi connectivity index (χ4n) is 1.43. The van der Waals surface area contributed by atoms with E-state index in [1.807, 2.05) is 17.5 Å². The molecule has 0 spiro atoms. The number of hydrogen-bond acceptors (Lipinski definition) is 3. The molecule has 2 rings (SSSR count). The smallest absolute Gasteiger partial charge is 0.195 e. The molecule has 0 radical (unpaired) electrons. The largest absolute Gasteiger partial charge is 0.507 e. The maximum Gasteiger partial charge on any atom is 0.195 e. The van der Waals surface area contributed by atoms with Gasteiger partial charge in [-0.1, -0.05) is 24.8 Å². The van der Waals surface area contributed by atoms with E-state index in [1.165, 1.54) is 17.4 Å². The molecular weight excluding hydrogens is 220 g/mol. The van der Waals surface area contributed by atoms with Crippen LogP contribution in [0.4, 0.5) is 0 Å². The predicted molar refractivity (Wildman–Crippen MR) is 65.9 cm³/mol. The van der Waals surface area contributed by atoms with Gasteiger partial charge < -0.3 is 5.11 Å². The van der Waals surface area contributed by atoms with Gasteiger partial charge >= 0.3 is 0 Å². The van der Waals surface area contributed by atoms with Crippen LogP contribution in [0.2, 0.25) is 0 Å². The second kappa shape index (κ2) is 4.33. The third-order valence-corrected chi connectivity index (χ3v) is 3.19. The minimum Gasteiger partial charge on any atom is -0.507 e. The Hall–Kier alpha value is -1.87. The molecule has 2 nitrogen and oxygen atoms in total. The van der Waals surface area contributed by atoms with E-state index in [2.05, 4.69) is 6.58 Å². The molecule has 3 heteroatoms. The molecule has 2 aromatic rings. The molecule has 1 N–H and O–H groups in total. The SMILES string of the molecule is C=CC(=O)c1cc(-c2ccccc2O)cs1. The van der Waals surface area contributed by atoms with E-state index in [-0.39, 0.29) is 11.5 Å². The van der Waals surface area contributed by atoms with E-state index in [0.717, 1.165) is 11.1 Å². The zero-order valence-electron chi connectivity index (χ0n) is 8.51. The van der Waals surface area contributed by atoms with Gasteiger partial charge in [-0.25, -0.2) is 0 Å². The fraction of sp³-hybridized carbons (Fsp3) is 0. The Morgan fingerprint density at radius 1 is 1.38 bits per heavy atom. The van der Waals surface area contributed by atoms with Gasteiger partial charge in [0.05, 0.1) is 4.88 Å². The maximum absolute atomic E-state index is 11.4. The number of allylic oxidation sites excluding steroid dienone is 1. The van der Waals surface area contributed by atoms with Gasteiger partial charge in [-0.05, 0) is 29.2 Å². The minimum atomic E-state index is -0.0910. The summed E-state index contributed by atoms with van der Waals surface area (Å²) in [5, 5.41) is 11.5. The van der Waals surface area contributed by atoms with Crippen LogP contribution in [0.1, 0.15) is 9.67 Å². The van der Waals surface area contributed by atoms with Crippen molar-refractivity contribution in [2.75, 3.05) is 0 Å². The highest BCUT2D eigenvalue weighted by Crippen LogP contribution is 2.32. The minimum absolute atomic E-state index is 0.0910. The van der Waals surface area contributed by atoms with Crippen molar-refractivity contribution in [3.05, 3.63) is 53.2 Å². The number of phenols is 1. The molecule has 0 aliphatic carbocycles. The van der Waals surface area contributed by atoms with Gasteiger partial charge in [-0.3, -0.25) is 4.79 Å². The lowest BCUT2D eigenvalue weighted by atomic mass is 10.1. The van der Waals surface area contributed by atoms with Crippen molar-refractivity contribution in [3.63, 3.8) is 0 Å². The fourth-order valence-corrected chi connectivity index (χ4v) is 2.27. The number of hydrogen-bond donors (Lipinski definition) is 1. The van der Waals surface area contributed by atoms with Crippen LogP contribution in [0.5, 0.6) is 5.75 Å². The standard InChI is InChI=1S/C13H10O2S/c1-2-11(14)13-7-9(8-16-13)10-5-3-4-6-12(10)15/h2-8,15H,1H2. The number of carbonyl (C=O) groups excluding carboxylic acids is 1. The molecule has 0 saturated heterocycles. The summed E-state index contributed by atoms with van der Waals surface area (Å²) in [6.07, 6.45) is 1.29. The van der Waals surface area contributed by atoms with E-state index >= 15 is 0 Å². The van der Waals surface area contributed by atoms with Crippen molar-refractivity contribution in [2.45, 2.75) is 0 Å². The third kappa shape index (κ3) is 1.90. The average Bonchev–Trinajstić information content (AvgIpc) is 2.78. The number of rotatable bonds is 3. The summed E-state index contributed by atoms with van der Waals surface area (Å²) in [6.45, 7) is 3.44. The molecule has 0 unspecified atom stereocenters. The first kappa shape index (κ1) is 10.6. The molecule has 0 amide bonds. The lowest BCUT2D eigenvalue weighted by Gasteiger charge is -1.99. The highest BCUT2D eigenvalue weighted by atomic mass is 32.1. The van der Waals surface area contributed by atoms with Gasteiger partial charge in [0.25, 0.3) is 0 Å². The Labute approximate surface area is 97.5 Å². The van der Waals surface area contributed by atoms with Crippen LogP contribution in [0, 0.1) is 0 Å². The first-order valence-electron chi connectivity index (χ1n) is 4.76. The Morgan fingerprint density at radius 3 is 2.81 bits per heavy atom. The molecule has 16 heavy (non-hydrogen) atoms. The van der Waals surface area contributed by atoms with Crippen molar-refractivity contribution in [1.29, 1.82) is 0 Å². The van der Waals surface area contributed by atoms with Crippen LogP contribution in [0.3, 0.4) is 0 Å². The number of para-hydroxylation sites is 1. The summed E-state index contributed by atoms with van der Waals surface area (Å²) >= 11 is 1.35. The van der Waals surface area contributed by atoms with Gasteiger partial charge in [0.2, 0.25) is 0 Å². The number of benzene rings is 1. The van der Waals surface area contributed by atoms with E-state index in [0.29, 0.717) is 4.88 Å². The number of aromatic hydroxyl groups is 1. The Kier molecular flexibility index (Phi) is 2.88. The van der Waals surface area contributed by atoms with Crippen LogP contribution in [-0.4, -0.2) is 10.9 Å². The monoisotopic (exact) mass is 230 g/mol. The van der Waals surface area contributed by atoms with Gasteiger partial charge in [-0.2, -0.15) is 0 Å². The summed E-state index contributed by atoms with van der Waals surface area (Å²) in [7, 11) is 0. The number of carbonyl (C=O) groups is 1. The lowest BCUT2D eigenvalue weighted by Crippen LogP contribution is -1.87. The van der Waals surface area contributed by atoms with Crippen molar-refractivity contribution in [2.24, 2.45) is 0 Å². The van der Waals surface area contributed by atoms with Crippen molar-refractivity contribution in [1.82, 2.24) is 0 Å². The summed E-state index contributed by atoms with van der Waals surface area (Å²) in [4.78, 5) is 12.0. The Balaban J connectivity index is 2.43. The first-order valence-corrected chi connectivity index (χ1v) is 5.64. The summed E-state index contributed by atoms with van der Waals surface area (Å²) in [6, 6.07) is 8.83. The number of phenolic OH excluding ortho intramolecular Hbond substituents is 1. The zero-order valence-corrected chi connectivity index (χ0v) is 9.33. The molecule has 80 valence electrons. The topological polar surface area (TPSA) is 37.3 Å². The van der Waals surface area contributed by atoms with Crippen molar-refractivity contribution >= 4 is 17.1 Å². The second-order valence-electron chi connectivity index (χ2n) is 3.29. The molecule has 1 aromatic carbocycles. The van der Waals surface area contributed by atoms with E-state index in [4.69, 9.17) is 0 Å². The molecule has 0 saturated carbocycles. The molecule has 1 aromatic heterocycles. The highest BCUT2D eigenvalue weighted by Gasteiger charge is 2.09. The second-order valence-corrected chi connectivity index (χ2v) is 4.20. The van der Waals surface area contributed by atoms with Crippen LogP contribution < -0.4 is 0 Å². The third-order valence-electron chi connectivity index (χ3n) is 2.24. The lowest BCUT2D eigenvalue weighted by molar-refractivity contribution is 0.105. The zero-order chi connectivity index (χ0) is 11.5. The van der Waals surface area contributed by atoms with Crippen LogP contribution in [-0.2, 0) is 0 Å². The number of thiophene rings is 1. The van der Waals surface area contributed by atoms with Crippen LogP contribution in [0.15, 0.2) is 48.4 Å². The van der Waals surface area contributed by atoms with Gasteiger partial charge in [0, 0.05) is 5.56 Å². The summed E-state index contributed by atoms with van der Waals surface area (Å²) < 4.78 is 0. The van der Waals surface area contributed by atoms with Gasteiger partial charge in [0.1, 0.15) is 5.75 Å². The molecule has 0 aliphatic heterocycles. The average molecular weight is 230 g/mol. The van der Waals surface area contributed by atoms with Crippen molar-refractivity contribution in [3.8, 4) is 16.9 Å². The van der Waals surface area contributed by atoms with Gasteiger partial charge in [-0.15, -0.1) is 11.3 Å². The first-order chi connectivity index (χ1) is 7.72. The molecule has 0 fully saturated rings. The normalized spacial score (nSPS) is 10.0. The van der Waals surface area contributed by atoms with E-state index in [9.17, 15) is 9.90 Å². The Bertz CT molecular complexity index is 540. The summed E-state index contributed by atoms with van der Waals surface area (Å²) in [5.41, 5.74) is 1.59. The molecule has 0 bridgehead atoms. The van der Waals surface area contributed by atoms with Crippen LogP contribution >= 0.6 is 11.3 Å². The predicted octanol–water partition coefficient (Wildman–Crippen LogP) is 3.49. The number of ketones is 1. The van der Waals surface area contributed by atoms with E-state index < -0.39 is 0 Å². The Morgan fingerprint density at radius 2 is 2.12 bits per heavy atom. The highest BCUT2D eigenvalue weighted by molar-refractivity contribution is 7.12. The van der Waals surface area contributed by atoms with E-state index in [1.54, 1.807) is 18.2 Å². The summed E-state index contributed by atoms with van der Waals surface area (Å²) in [5.74, 6) is 0.129. The van der Waals surface area contributed by atoms with Crippen LogP contribution in [0.25, 0.3) is 11.1 Å². The molecule has 0 aliphatic rings. The quantitative estimate of drug-likeness (QED) is 0.647. The van der Waals surface area contributed by atoms with Crippen molar-refractivity contribution < 1.29 is 9.90 Å². The molecular formula is C13H10O2S. The molecule has 1 heterocycles. The van der Waals surface area contributed by atoms with Gasteiger partial charge in [0.15, 0.2) is 5.78 Å². The molecule has 0 atom stereocenters. The maximum atomic E-state index is 11.4.